The highest BCUT2D eigenvalue weighted by Crippen LogP contribution is 2.42. The summed E-state index contributed by atoms with van der Waals surface area (Å²) in [5, 5.41) is 11.7. The van der Waals surface area contributed by atoms with E-state index in [9.17, 15) is 14.7 Å². The lowest BCUT2D eigenvalue weighted by Gasteiger charge is -2.26. The predicted molar refractivity (Wildman–Crippen MR) is 150 cm³/mol. The molecule has 0 aliphatic carbocycles. The standard InChI is InChI=1S/C30H38N4O5/c1-6-8-18-39-22-14-13-21(19-23(22)38-7-2)27-25(29(36)30(37)34(27)17-11-15-32(4)5)28(35)26-20(3)31-24-12-9-10-16-33(24)26/h9-10,12-14,16,19,27,35H,6-8,11,15,17-18H2,1-5H3/b28-25+. The number of unbranched alkanes of at least 4 members (excludes halogenated alkanes) is 1. The van der Waals surface area contributed by atoms with Crippen molar-refractivity contribution in [2.75, 3.05) is 40.4 Å². The number of Topliss-reactive ketones (excluding diaryl/α,β-unsaturated/α-hetero) is 1. The molecule has 1 amide bonds. The first kappa shape index (κ1) is 28.2. The van der Waals surface area contributed by atoms with E-state index in [1.165, 1.54) is 0 Å². The highest BCUT2D eigenvalue weighted by molar-refractivity contribution is 6.46. The van der Waals surface area contributed by atoms with Crippen molar-refractivity contribution < 1.29 is 24.2 Å². The zero-order valence-electron chi connectivity index (χ0n) is 23.4. The zero-order chi connectivity index (χ0) is 28.1. The fourth-order valence-electron chi connectivity index (χ4n) is 4.95. The minimum absolute atomic E-state index is 0.0423. The lowest BCUT2D eigenvalue weighted by atomic mass is 9.95. The second-order valence-corrected chi connectivity index (χ2v) is 9.97. The SMILES string of the molecule is CCCCOc1ccc(C2/C(=C(\O)c3c(C)nc4ccccn34)C(=O)C(=O)N2CCCN(C)C)cc1OCC. The number of pyridine rings is 1. The summed E-state index contributed by atoms with van der Waals surface area (Å²) in [6.45, 7) is 7.86. The van der Waals surface area contributed by atoms with Gasteiger partial charge in [0.2, 0.25) is 0 Å². The Hall–Kier alpha value is -3.85. The van der Waals surface area contributed by atoms with Gasteiger partial charge in [0.1, 0.15) is 11.3 Å². The number of aromatic nitrogens is 2. The number of ether oxygens (including phenoxy) is 2. The largest absolute Gasteiger partial charge is 0.505 e. The molecule has 4 rings (SSSR count). The molecular formula is C30H38N4O5. The van der Waals surface area contributed by atoms with E-state index in [4.69, 9.17) is 9.47 Å². The first-order valence-electron chi connectivity index (χ1n) is 13.5. The third-order valence-electron chi connectivity index (χ3n) is 6.81. The summed E-state index contributed by atoms with van der Waals surface area (Å²) in [4.78, 5) is 35.0. The number of rotatable bonds is 12. The van der Waals surface area contributed by atoms with Crippen LogP contribution in [0.4, 0.5) is 0 Å². The van der Waals surface area contributed by atoms with E-state index in [1.807, 2.05) is 62.3 Å². The summed E-state index contributed by atoms with van der Waals surface area (Å²) in [5.74, 6) is -0.444. The van der Waals surface area contributed by atoms with E-state index in [2.05, 4.69) is 11.9 Å². The molecule has 0 spiro atoms. The molecule has 1 aromatic carbocycles. The molecule has 1 fully saturated rings. The van der Waals surface area contributed by atoms with Gasteiger partial charge in [-0.15, -0.1) is 0 Å². The topological polar surface area (TPSA) is 96.6 Å². The number of carbonyl (C=O) groups excluding carboxylic acids is 2. The van der Waals surface area contributed by atoms with Crippen LogP contribution in [-0.2, 0) is 9.59 Å². The number of benzene rings is 1. The third kappa shape index (κ3) is 5.78. The van der Waals surface area contributed by atoms with Crippen molar-refractivity contribution in [3.63, 3.8) is 0 Å². The Kier molecular flexibility index (Phi) is 8.91. The second kappa shape index (κ2) is 12.3. The number of nitrogens with zero attached hydrogens (tertiary/aromatic N) is 4. The van der Waals surface area contributed by atoms with Gasteiger partial charge in [0.05, 0.1) is 30.5 Å². The van der Waals surface area contributed by atoms with Crippen LogP contribution in [0.5, 0.6) is 11.5 Å². The maximum absolute atomic E-state index is 13.5. The molecule has 1 saturated heterocycles. The van der Waals surface area contributed by atoms with Gasteiger partial charge >= 0.3 is 0 Å². The number of likely N-dealkylation sites (tertiary alicyclic amines) is 1. The van der Waals surface area contributed by atoms with Crippen molar-refractivity contribution in [1.29, 1.82) is 0 Å². The Morgan fingerprint density at radius 1 is 1.08 bits per heavy atom. The summed E-state index contributed by atoms with van der Waals surface area (Å²) in [6, 6.07) is 10.2. The highest BCUT2D eigenvalue weighted by atomic mass is 16.5. The molecule has 208 valence electrons. The number of aliphatic hydroxyl groups is 1. The summed E-state index contributed by atoms with van der Waals surface area (Å²) in [7, 11) is 3.93. The number of fused-ring (bicyclic) bond motifs is 1. The van der Waals surface area contributed by atoms with Gasteiger partial charge in [0.25, 0.3) is 11.7 Å². The summed E-state index contributed by atoms with van der Waals surface area (Å²) >= 11 is 0. The van der Waals surface area contributed by atoms with Crippen LogP contribution in [0, 0.1) is 6.92 Å². The monoisotopic (exact) mass is 534 g/mol. The average molecular weight is 535 g/mol. The number of imidazole rings is 1. The molecule has 1 aliphatic heterocycles. The van der Waals surface area contributed by atoms with Gasteiger partial charge in [0, 0.05) is 12.7 Å². The van der Waals surface area contributed by atoms with E-state index in [0.29, 0.717) is 60.3 Å². The number of amides is 1. The van der Waals surface area contributed by atoms with Crippen LogP contribution >= 0.6 is 0 Å². The molecule has 3 aromatic rings. The normalized spacial score (nSPS) is 17.0. The molecule has 1 unspecified atom stereocenters. The van der Waals surface area contributed by atoms with Crippen molar-refractivity contribution in [2.24, 2.45) is 0 Å². The van der Waals surface area contributed by atoms with Crippen molar-refractivity contribution >= 4 is 23.1 Å². The number of aryl methyl sites for hydroxylation is 1. The van der Waals surface area contributed by atoms with Crippen LogP contribution in [0.1, 0.15) is 56.1 Å². The van der Waals surface area contributed by atoms with Crippen LogP contribution in [-0.4, -0.2) is 76.4 Å². The molecule has 0 bridgehead atoms. The molecule has 9 heteroatoms. The van der Waals surface area contributed by atoms with Crippen molar-refractivity contribution in [3.05, 3.63) is 65.1 Å². The van der Waals surface area contributed by atoms with Crippen LogP contribution in [0.15, 0.2) is 48.2 Å². The van der Waals surface area contributed by atoms with Crippen LogP contribution in [0.3, 0.4) is 0 Å². The van der Waals surface area contributed by atoms with E-state index in [0.717, 1.165) is 19.4 Å². The molecule has 39 heavy (non-hydrogen) atoms. The van der Waals surface area contributed by atoms with E-state index in [-0.39, 0.29) is 11.3 Å². The van der Waals surface area contributed by atoms with Crippen molar-refractivity contribution in [1.82, 2.24) is 19.2 Å². The summed E-state index contributed by atoms with van der Waals surface area (Å²) in [5.41, 5.74) is 2.30. The summed E-state index contributed by atoms with van der Waals surface area (Å²) in [6.07, 6.45) is 4.37. The molecule has 2 aromatic heterocycles. The number of aliphatic hydroxyl groups excluding tert-OH is 1. The van der Waals surface area contributed by atoms with Gasteiger partial charge in [-0.05, 0) is 77.2 Å². The number of ketones is 1. The molecule has 3 heterocycles. The highest BCUT2D eigenvalue weighted by Gasteiger charge is 2.46. The zero-order valence-corrected chi connectivity index (χ0v) is 23.4. The molecule has 1 N–H and O–H groups in total. The number of carbonyl (C=O) groups is 2. The van der Waals surface area contributed by atoms with Crippen LogP contribution < -0.4 is 9.47 Å². The van der Waals surface area contributed by atoms with E-state index in [1.54, 1.807) is 22.4 Å². The van der Waals surface area contributed by atoms with Gasteiger partial charge in [-0.1, -0.05) is 25.5 Å². The maximum Gasteiger partial charge on any atom is 0.295 e. The van der Waals surface area contributed by atoms with Crippen molar-refractivity contribution in [3.8, 4) is 11.5 Å². The van der Waals surface area contributed by atoms with Crippen molar-refractivity contribution in [2.45, 2.75) is 46.1 Å². The molecule has 1 aliphatic rings. The fraction of sp³-hybridized carbons (Fsp3) is 0.433. The Bertz CT molecular complexity index is 1380. The number of hydrogen-bond donors (Lipinski definition) is 1. The minimum atomic E-state index is -0.787. The minimum Gasteiger partial charge on any atom is -0.505 e. The first-order valence-corrected chi connectivity index (χ1v) is 13.5. The van der Waals surface area contributed by atoms with Gasteiger partial charge in [-0.2, -0.15) is 0 Å². The second-order valence-electron chi connectivity index (χ2n) is 9.97. The fourth-order valence-corrected chi connectivity index (χ4v) is 4.95. The number of hydrogen-bond acceptors (Lipinski definition) is 7. The lowest BCUT2D eigenvalue weighted by Crippen LogP contribution is -2.32. The molecule has 0 radical (unpaired) electrons. The molecule has 1 atom stereocenters. The van der Waals surface area contributed by atoms with Gasteiger partial charge in [-0.25, -0.2) is 4.98 Å². The predicted octanol–water partition coefficient (Wildman–Crippen LogP) is 4.59. The first-order chi connectivity index (χ1) is 18.8. The Morgan fingerprint density at radius 3 is 2.59 bits per heavy atom. The summed E-state index contributed by atoms with van der Waals surface area (Å²) < 4.78 is 13.6. The Morgan fingerprint density at radius 2 is 1.87 bits per heavy atom. The van der Waals surface area contributed by atoms with E-state index >= 15 is 0 Å². The molecule has 9 nitrogen and oxygen atoms in total. The molecule has 0 saturated carbocycles. The quantitative estimate of drug-likeness (QED) is 0.157. The van der Waals surface area contributed by atoms with Gasteiger partial charge < -0.3 is 24.4 Å². The van der Waals surface area contributed by atoms with Gasteiger partial charge in [-0.3, -0.25) is 14.0 Å². The van der Waals surface area contributed by atoms with Crippen LogP contribution in [0.25, 0.3) is 11.4 Å². The Labute approximate surface area is 229 Å². The lowest BCUT2D eigenvalue weighted by molar-refractivity contribution is -0.139. The smallest absolute Gasteiger partial charge is 0.295 e. The average Bonchev–Trinajstić information content (AvgIpc) is 3.37. The third-order valence-corrected chi connectivity index (χ3v) is 6.81. The van der Waals surface area contributed by atoms with Crippen LogP contribution in [0.2, 0.25) is 0 Å². The van der Waals surface area contributed by atoms with Gasteiger partial charge in [0.15, 0.2) is 17.3 Å². The van der Waals surface area contributed by atoms with E-state index < -0.39 is 17.7 Å². The molecular weight excluding hydrogens is 496 g/mol. The Balaban J connectivity index is 1.86. The maximum atomic E-state index is 13.5.